The minimum absolute atomic E-state index is 0.0139. The third kappa shape index (κ3) is 4.06. The fourth-order valence-electron chi connectivity index (χ4n) is 3.37. The van der Waals surface area contributed by atoms with Crippen molar-refractivity contribution in [3.8, 4) is 0 Å². The number of nitrogens with zero attached hydrogens (tertiary/aromatic N) is 6. The Kier molecular flexibility index (Phi) is 5.67. The number of rotatable bonds is 4. The van der Waals surface area contributed by atoms with Crippen LogP contribution in [-0.2, 0) is 6.67 Å². The van der Waals surface area contributed by atoms with Crippen molar-refractivity contribution in [2.45, 2.75) is 6.67 Å². The predicted octanol–water partition coefficient (Wildman–Crippen LogP) is 4.51. The molecule has 0 spiro atoms. The van der Waals surface area contributed by atoms with E-state index in [0.29, 0.717) is 64.0 Å². The molecule has 1 saturated heterocycles. The highest BCUT2D eigenvalue weighted by Crippen LogP contribution is 2.31. The van der Waals surface area contributed by atoms with E-state index in [0.717, 1.165) is 0 Å². The second-order valence-electron chi connectivity index (χ2n) is 6.62. The van der Waals surface area contributed by atoms with Gasteiger partial charge in [0.1, 0.15) is 5.69 Å². The molecule has 3 aromatic rings. The minimum Gasteiger partial charge on any atom is -0.363 e. The maximum atomic E-state index is 11.4. The largest absolute Gasteiger partial charge is 0.363 e. The zero-order valence-corrected chi connectivity index (χ0v) is 18.0. The molecule has 1 aliphatic rings. The third-order valence-electron chi connectivity index (χ3n) is 4.78. The Morgan fingerprint density at radius 1 is 1.10 bits per heavy atom. The van der Waals surface area contributed by atoms with Crippen molar-refractivity contribution in [1.82, 2.24) is 19.1 Å². The number of pyridine rings is 1. The van der Waals surface area contributed by atoms with E-state index in [-0.39, 0.29) is 5.69 Å². The lowest BCUT2D eigenvalue weighted by atomic mass is 10.2. The summed E-state index contributed by atoms with van der Waals surface area (Å²) in [5.41, 5.74) is 1.14. The minimum atomic E-state index is -0.404. The normalized spacial score (nSPS) is 15.2. The molecule has 0 saturated carbocycles. The molecule has 0 bridgehead atoms. The molecule has 8 nitrogen and oxygen atoms in total. The van der Waals surface area contributed by atoms with Crippen LogP contribution in [0.5, 0.6) is 0 Å². The molecule has 3 heterocycles. The lowest BCUT2D eigenvalue weighted by Gasteiger charge is -2.35. The zero-order valence-electron chi connectivity index (χ0n) is 15.0. The number of fused-ring (bicyclic) bond motifs is 1. The number of aromatic nitrogens is 3. The van der Waals surface area contributed by atoms with Crippen molar-refractivity contribution in [3.63, 3.8) is 0 Å². The topological polar surface area (TPSA) is 71.8 Å². The van der Waals surface area contributed by atoms with E-state index in [1.54, 1.807) is 33.5 Å². The molecule has 1 aromatic carbocycles. The van der Waals surface area contributed by atoms with Crippen molar-refractivity contribution in [3.05, 3.63) is 60.4 Å². The van der Waals surface area contributed by atoms with Gasteiger partial charge in [-0.25, -0.2) is 4.68 Å². The lowest BCUT2D eigenvalue weighted by Crippen LogP contribution is -2.47. The van der Waals surface area contributed by atoms with Crippen LogP contribution < -0.4 is 4.90 Å². The van der Waals surface area contributed by atoms with E-state index in [9.17, 15) is 10.1 Å². The maximum absolute atomic E-state index is 11.4. The van der Waals surface area contributed by atoms with Crippen molar-refractivity contribution in [2.75, 3.05) is 31.1 Å². The summed E-state index contributed by atoms with van der Waals surface area (Å²) in [6.07, 6.45) is 1.69. The van der Waals surface area contributed by atoms with Crippen LogP contribution in [0.15, 0.2) is 30.5 Å². The molecule has 0 atom stereocenters. The first-order valence-electron chi connectivity index (χ1n) is 8.69. The third-order valence-corrected chi connectivity index (χ3v) is 5.91. The molecule has 2 aromatic heterocycles. The van der Waals surface area contributed by atoms with Gasteiger partial charge in [-0.05, 0) is 30.4 Å². The van der Waals surface area contributed by atoms with Crippen LogP contribution in [-0.4, -0.2) is 50.2 Å². The van der Waals surface area contributed by atoms with Gasteiger partial charge in [0.05, 0.1) is 21.6 Å². The summed E-state index contributed by atoms with van der Waals surface area (Å²) < 4.78 is 3.89. The highest BCUT2D eigenvalue weighted by Gasteiger charge is 2.24. The van der Waals surface area contributed by atoms with E-state index in [1.807, 2.05) is 4.90 Å². The summed E-state index contributed by atoms with van der Waals surface area (Å²) in [6, 6.07) is 6.37. The number of benzene rings is 1. The van der Waals surface area contributed by atoms with Gasteiger partial charge >= 0.3 is 0 Å². The molecule has 152 valence electrons. The molecular formula is C17H15Cl3N6O2S. The van der Waals surface area contributed by atoms with Crippen molar-refractivity contribution < 1.29 is 4.92 Å². The molecule has 1 aliphatic heterocycles. The summed E-state index contributed by atoms with van der Waals surface area (Å²) in [5, 5.41) is 17.1. The summed E-state index contributed by atoms with van der Waals surface area (Å²) in [6.45, 7) is 3.16. The SMILES string of the molecule is O=[N+]([O-])c1cc(Cl)ccc1N1CCN(Cn2nc3c(Cl)cc(Cl)cn3c2=S)CC1. The monoisotopic (exact) mass is 472 g/mol. The van der Waals surface area contributed by atoms with Gasteiger partial charge in [-0.2, -0.15) is 0 Å². The molecule has 29 heavy (non-hydrogen) atoms. The second-order valence-corrected chi connectivity index (χ2v) is 8.26. The molecule has 12 heteroatoms. The average molecular weight is 474 g/mol. The van der Waals surface area contributed by atoms with Crippen LogP contribution in [0.3, 0.4) is 0 Å². The van der Waals surface area contributed by atoms with E-state index >= 15 is 0 Å². The summed E-state index contributed by atoms with van der Waals surface area (Å²) in [4.78, 5) is 15.1. The van der Waals surface area contributed by atoms with Crippen LogP contribution in [0.4, 0.5) is 11.4 Å². The Hall–Kier alpha value is -1.91. The quantitative estimate of drug-likeness (QED) is 0.315. The molecule has 4 rings (SSSR count). The summed E-state index contributed by atoms with van der Waals surface area (Å²) in [5.74, 6) is 0. The van der Waals surface area contributed by atoms with Crippen molar-refractivity contribution in [2.24, 2.45) is 0 Å². The van der Waals surface area contributed by atoms with Crippen LogP contribution in [0.25, 0.3) is 5.65 Å². The lowest BCUT2D eigenvalue weighted by molar-refractivity contribution is -0.384. The maximum Gasteiger partial charge on any atom is 0.294 e. The Morgan fingerprint density at radius 2 is 1.83 bits per heavy atom. The number of nitro groups is 1. The van der Waals surface area contributed by atoms with Crippen molar-refractivity contribution in [1.29, 1.82) is 0 Å². The molecule has 0 N–H and O–H groups in total. The van der Waals surface area contributed by atoms with Gasteiger partial charge < -0.3 is 4.90 Å². The molecular weight excluding hydrogens is 459 g/mol. The van der Waals surface area contributed by atoms with Gasteiger partial charge in [-0.1, -0.05) is 34.8 Å². The van der Waals surface area contributed by atoms with Gasteiger partial charge in [-0.15, -0.1) is 5.10 Å². The zero-order chi connectivity index (χ0) is 20.7. The molecule has 0 unspecified atom stereocenters. The molecule has 1 fully saturated rings. The average Bonchev–Trinajstić information content (AvgIpc) is 2.99. The predicted molar refractivity (Wildman–Crippen MR) is 116 cm³/mol. The van der Waals surface area contributed by atoms with Gasteiger partial charge in [-0.3, -0.25) is 19.4 Å². The number of nitro benzene ring substituents is 1. The Labute approximate surface area is 185 Å². The fourth-order valence-corrected chi connectivity index (χ4v) is 4.28. The summed E-state index contributed by atoms with van der Waals surface area (Å²) in [7, 11) is 0. The highest BCUT2D eigenvalue weighted by molar-refractivity contribution is 7.71. The Balaban J connectivity index is 1.50. The number of hydrogen-bond acceptors (Lipinski definition) is 6. The van der Waals surface area contributed by atoms with Crippen LogP contribution in [0.1, 0.15) is 0 Å². The number of hydrogen-bond donors (Lipinski definition) is 0. The number of halogens is 3. The van der Waals surface area contributed by atoms with Gasteiger partial charge in [0.25, 0.3) is 5.69 Å². The van der Waals surface area contributed by atoms with Gasteiger partial charge in [0.15, 0.2) is 5.65 Å². The first-order valence-corrected chi connectivity index (χ1v) is 10.2. The van der Waals surface area contributed by atoms with E-state index in [4.69, 9.17) is 47.0 Å². The molecule has 0 radical (unpaired) electrons. The van der Waals surface area contributed by atoms with Crippen LogP contribution in [0, 0.1) is 14.9 Å². The fraction of sp³-hybridized carbons (Fsp3) is 0.294. The second kappa shape index (κ2) is 8.08. The Morgan fingerprint density at radius 3 is 2.52 bits per heavy atom. The van der Waals surface area contributed by atoms with E-state index in [2.05, 4.69) is 10.00 Å². The van der Waals surface area contributed by atoms with Crippen LogP contribution >= 0.6 is 47.0 Å². The number of piperazine rings is 1. The first kappa shape index (κ1) is 20.4. The van der Waals surface area contributed by atoms with Crippen LogP contribution in [0.2, 0.25) is 15.1 Å². The highest BCUT2D eigenvalue weighted by atomic mass is 35.5. The van der Waals surface area contributed by atoms with E-state index in [1.165, 1.54) is 6.07 Å². The smallest absolute Gasteiger partial charge is 0.294 e. The van der Waals surface area contributed by atoms with Gasteiger partial charge in [0.2, 0.25) is 4.77 Å². The Bertz CT molecular complexity index is 1160. The first-order chi connectivity index (χ1) is 13.8. The molecule has 0 aliphatic carbocycles. The van der Waals surface area contributed by atoms with Gasteiger partial charge in [0, 0.05) is 43.5 Å². The number of anilines is 1. The van der Waals surface area contributed by atoms with E-state index < -0.39 is 4.92 Å². The standard InChI is InChI=1S/C17H15Cl3N6O2S/c18-11-1-2-14(15(8-11)26(27)28)23-5-3-22(4-6-23)10-25-17(29)24-9-12(19)7-13(20)16(24)21-25/h1-2,7-9H,3-6,10H2. The summed E-state index contributed by atoms with van der Waals surface area (Å²) >= 11 is 23.7. The van der Waals surface area contributed by atoms with Crippen molar-refractivity contribution >= 4 is 64.0 Å². The molecule has 0 amide bonds.